The fourth-order valence-electron chi connectivity index (χ4n) is 3.29. The monoisotopic (exact) mass is 369 g/mol. The summed E-state index contributed by atoms with van der Waals surface area (Å²) in [6, 6.07) is 8.47. The van der Waals surface area contributed by atoms with E-state index >= 15 is 0 Å². The van der Waals surface area contributed by atoms with E-state index in [2.05, 4.69) is 4.98 Å². The lowest BCUT2D eigenvalue weighted by Crippen LogP contribution is -2.14. The summed E-state index contributed by atoms with van der Waals surface area (Å²) in [5.41, 5.74) is 2.10. The van der Waals surface area contributed by atoms with Crippen LogP contribution in [-0.2, 0) is 6.42 Å². The van der Waals surface area contributed by atoms with Gasteiger partial charge in [0.05, 0.1) is 37.9 Å². The quantitative estimate of drug-likeness (QED) is 0.689. The first-order valence-electron chi connectivity index (χ1n) is 8.72. The van der Waals surface area contributed by atoms with Gasteiger partial charge in [-0.05, 0) is 30.7 Å². The maximum absolute atomic E-state index is 13.3. The molecule has 0 aliphatic heterocycles. The fraction of sp³-hybridized carbons (Fsp3) is 0.286. The number of hydrogen-bond donors (Lipinski definition) is 2. The van der Waals surface area contributed by atoms with Gasteiger partial charge in [-0.15, -0.1) is 0 Å². The highest BCUT2D eigenvalue weighted by molar-refractivity contribution is 5.93. The first kappa shape index (κ1) is 18.6. The fourth-order valence-corrected chi connectivity index (χ4v) is 3.29. The lowest BCUT2D eigenvalue weighted by Gasteiger charge is -2.16. The number of aromatic amines is 1. The zero-order valence-electron chi connectivity index (χ0n) is 15.9. The zero-order chi connectivity index (χ0) is 19.6. The van der Waals surface area contributed by atoms with E-state index in [1.807, 2.05) is 6.92 Å². The van der Waals surface area contributed by atoms with Gasteiger partial charge in [0.2, 0.25) is 0 Å². The number of phenols is 1. The molecule has 6 heteroatoms. The van der Waals surface area contributed by atoms with Gasteiger partial charge in [0.25, 0.3) is 0 Å². The minimum Gasteiger partial charge on any atom is -0.507 e. The number of rotatable bonds is 6. The van der Waals surface area contributed by atoms with E-state index in [-0.39, 0.29) is 11.2 Å². The van der Waals surface area contributed by atoms with Crippen molar-refractivity contribution in [2.75, 3.05) is 21.3 Å². The Labute approximate surface area is 157 Å². The third-order valence-electron chi connectivity index (χ3n) is 4.60. The predicted octanol–water partition coefficient (Wildman–Crippen LogP) is 3.88. The number of H-pyrrole nitrogens is 1. The SMILES string of the molecule is CCCc1c(-c2ccc(OC)cc2O)[nH]c2c(OC)ccc(OC)c2c1=O. The van der Waals surface area contributed by atoms with E-state index in [0.29, 0.717) is 51.4 Å². The average molecular weight is 369 g/mol. The summed E-state index contributed by atoms with van der Waals surface area (Å²) in [6.07, 6.45) is 1.34. The highest BCUT2D eigenvalue weighted by Gasteiger charge is 2.20. The molecule has 1 aromatic heterocycles. The Kier molecular flexibility index (Phi) is 5.26. The Morgan fingerprint density at radius 2 is 1.70 bits per heavy atom. The second-order valence-electron chi connectivity index (χ2n) is 6.16. The molecule has 1 heterocycles. The number of methoxy groups -OCH3 is 3. The summed E-state index contributed by atoms with van der Waals surface area (Å²) in [4.78, 5) is 16.6. The van der Waals surface area contributed by atoms with Crippen LogP contribution in [0.2, 0.25) is 0 Å². The standard InChI is InChI=1S/C21H23NO5/c1-5-6-14-19(13-8-7-12(25-2)11-15(13)23)22-20-17(27-4)10-9-16(26-3)18(20)21(14)24/h7-11,23H,5-6H2,1-4H3,(H,22,24). The van der Waals surface area contributed by atoms with Gasteiger partial charge in [0.1, 0.15) is 23.0 Å². The summed E-state index contributed by atoms with van der Waals surface area (Å²) in [7, 11) is 4.61. The van der Waals surface area contributed by atoms with Crippen LogP contribution in [-0.4, -0.2) is 31.4 Å². The van der Waals surface area contributed by atoms with Crippen LogP contribution in [0.15, 0.2) is 35.1 Å². The van der Waals surface area contributed by atoms with E-state index in [1.54, 1.807) is 31.4 Å². The molecule has 2 N–H and O–H groups in total. The van der Waals surface area contributed by atoms with E-state index < -0.39 is 0 Å². The molecule has 6 nitrogen and oxygen atoms in total. The number of nitrogens with one attached hydrogen (secondary N) is 1. The molecule has 0 saturated heterocycles. The van der Waals surface area contributed by atoms with Crippen LogP contribution in [0.1, 0.15) is 18.9 Å². The van der Waals surface area contributed by atoms with Crippen LogP contribution >= 0.6 is 0 Å². The number of benzene rings is 2. The zero-order valence-corrected chi connectivity index (χ0v) is 15.9. The van der Waals surface area contributed by atoms with Crippen molar-refractivity contribution in [2.45, 2.75) is 19.8 Å². The Hall–Kier alpha value is -3.15. The molecule has 0 saturated carbocycles. The van der Waals surface area contributed by atoms with Gasteiger partial charge < -0.3 is 24.3 Å². The number of aromatic hydroxyl groups is 1. The Morgan fingerprint density at radius 1 is 1.00 bits per heavy atom. The van der Waals surface area contributed by atoms with E-state index in [9.17, 15) is 9.90 Å². The van der Waals surface area contributed by atoms with Crippen molar-refractivity contribution < 1.29 is 19.3 Å². The van der Waals surface area contributed by atoms with Crippen molar-refractivity contribution in [3.05, 3.63) is 46.1 Å². The number of hydrogen-bond acceptors (Lipinski definition) is 5. The molecule has 27 heavy (non-hydrogen) atoms. The molecular weight excluding hydrogens is 346 g/mol. The highest BCUT2D eigenvalue weighted by atomic mass is 16.5. The summed E-state index contributed by atoms with van der Waals surface area (Å²) >= 11 is 0. The molecule has 0 radical (unpaired) electrons. The van der Waals surface area contributed by atoms with Crippen LogP contribution in [0, 0.1) is 0 Å². The molecular formula is C21H23NO5. The minimum atomic E-state index is -0.133. The molecule has 2 aromatic carbocycles. The smallest absolute Gasteiger partial charge is 0.197 e. The topological polar surface area (TPSA) is 80.8 Å². The predicted molar refractivity (Wildman–Crippen MR) is 105 cm³/mol. The number of pyridine rings is 1. The molecule has 0 aliphatic carbocycles. The summed E-state index contributed by atoms with van der Waals surface area (Å²) in [5.74, 6) is 1.58. The van der Waals surface area contributed by atoms with Crippen molar-refractivity contribution >= 4 is 10.9 Å². The first-order valence-corrected chi connectivity index (χ1v) is 8.72. The van der Waals surface area contributed by atoms with Gasteiger partial charge in [-0.2, -0.15) is 0 Å². The lowest BCUT2D eigenvalue weighted by molar-refractivity contribution is 0.408. The molecule has 0 bridgehead atoms. The molecule has 3 aromatic rings. The molecule has 0 fully saturated rings. The van der Waals surface area contributed by atoms with Crippen molar-refractivity contribution in [3.63, 3.8) is 0 Å². The second-order valence-corrected chi connectivity index (χ2v) is 6.16. The van der Waals surface area contributed by atoms with Crippen LogP contribution in [0.25, 0.3) is 22.2 Å². The first-order chi connectivity index (χ1) is 13.0. The molecule has 0 aliphatic rings. The van der Waals surface area contributed by atoms with E-state index in [1.165, 1.54) is 20.3 Å². The van der Waals surface area contributed by atoms with Gasteiger partial charge in [0, 0.05) is 17.2 Å². The molecule has 0 spiro atoms. The van der Waals surface area contributed by atoms with Gasteiger partial charge in [-0.1, -0.05) is 13.3 Å². The van der Waals surface area contributed by atoms with E-state index in [0.717, 1.165) is 6.42 Å². The van der Waals surface area contributed by atoms with Crippen LogP contribution in [0.4, 0.5) is 0 Å². The van der Waals surface area contributed by atoms with Crippen molar-refractivity contribution in [1.29, 1.82) is 0 Å². The molecule has 142 valence electrons. The minimum absolute atomic E-state index is 0.0311. The average Bonchev–Trinajstić information content (AvgIpc) is 2.69. The molecule has 0 unspecified atom stereocenters. The van der Waals surface area contributed by atoms with Gasteiger partial charge in [-0.25, -0.2) is 0 Å². The Morgan fingerprint density at radius 3 is 2.30 bits per heavy atom. The Bertz CT molecular complexity index is 1040. The number of fused-ring (bicyclic) bond motifs is 1. The van der Waals surface area contributed by atoms with Gasteiger partial charge in [-0.3, -0.25) is 4.79 Å². The van der Waals surface area contributed by atoms with Gasteiger partial charge in [0.15, 0.2) is 5.43 Å². The molecule has 0 amide bonds. The van der Waals surface area contributed by atoms with Crippen LogP contribution < -0.4 is 19.6 Å². The number of aromatic nitrogens is 1. The summed E-state index contributed by atoms with van der Waals surface area (Å²) in [5, 5.41) is 10.9. The van der Waals surface area contributed by atoms with Crippen molar-refractivity contribution in [1.82, 2.24) is 4.98 Å². The lowest BCUT2D eigenvalue weighted by atomic mass is 9.98. The third kappa shape index (κ3) is 3.18. The molecule has 3 rings (SSSR count). The summed E-state index contributed by atoms with van der Waals surface area (Å²) < 4.78 is 16.0. The largest absolute Gasteiger partial charge is 0.507 e. The Balaban J connectivity index is 2.42. The van der Waals surface area contributed by atoms with Crippen LogP contribution in [0.5, 0.6) is 23.0 Å². The second kappa shape index (κ2) is 7.61. The highest BCUT2D eigenvalue weighted by Crippen LogP contribution is 2.37. The van der Waals surface area contributed by atoms with Gasteiger partial charge >= 0.3 is 0 Å². The third-order valence-corrected chi connectivity index (χ3v) is 4.60. The molecule has 0 atom stereocenters. The van der Waals surface area contributed by atoms with Crippen molar-refractivity contribution in [3.8, 4) is 34.3 Å². The van der Waals surface area contributed by atoms with Crippen LogP contribution in [0.3, 0.4) is 0 Å². The number of ether oxygens (including phenoxy) is 3. The van der Waals surface area contributed by atoms with Crippen molar-refractivity contribution in [2.24, 2.45) is 0 Å². The normalized spacial score (nSPS) is 10.8. The summed E-state index contributed by atoms with van der Waals surface area (Å²) in [6.45, 7) is 2.00. The number of phenolic OH excluding ortho intramolecular Hbond substituents is 1. The van der Waals surface area contributed by atoms with E-state index in [4.69, 9.17) is 14.2 Å². The maximum Gasteiger partial charge on any atom is 0.197 e. The maximum atomic E-state index is 13.3.